The maximum absolute atomic E-state index is 12.7. The van der Waals surface area contributed by atoms with Crippen LogP contribution in [-0.2, 0) is 11.2 Å². The molecule has 4 heteroatoms. The SMILES string of the molecule is CN(C)CCN1CCC2(CCCN(C(=O)Cc3ccccc3)C2)CC1. The number of benzene rings is 1. The van der Waals surface area contributed by atoms with E-state index in [4.69, 9.17) is 0 Å². The lowest BCUT2D eigenvalue weighted by atomic mass is 9.72. The van der Waals surface area contributed by atoms with Crippen LogP contribution in [0.2, 0.25) is 0 Å². The molecule has 0 atom stereocenters. The molecule has 0 saturated carbocycles. The van der Waals surface area contributed by atoms with Gasteiger partial charge in [0, 0.05) is 26.2 Å². The Bertz CT molecular complexity index is 550. The number of likely N-dealkylation sites (tertiary alicyclic amines) is 2. The molecule has 1 aromatic carbocycles. The van der Waals surface area contributed by atoms with Gasteiger partial charge in [-0.05, 0) is 63.8 Å². The van der Waals surface area contributed by atoms with Gasteiger partial charge in [0.25, 0.3) is 0 Å². The molecular weight excluding hydrogens is 310 g/mol. The monoisotopic (exact) mass is 343 g/mol. The van der Waals surface area contributed by atoms with Gasteiger partial charge in [-0.1, -0.05) is 30.3 Å². The summed E-state index contributed by atoms with van der Waals surface area (Å²) in [6, 6.07) is 10.2. The molecule has 0 N–H and O–H groups in total. The fourth-order valence-corrected chi connectivity index (χ4v) is 4.30. The van der Waals surface area contributed by atoms with E-state index in [0.717, 1.165) is 31.6 Å². The van der Waals surface area contributed by atoms with Gasteiger partial charge < -0.3 is 14.7 Å². The number of carbonyl (C=O) groups is 1. The standard InChI is InChI=1S/C21H33N3O/c1-22(2)15-16-23-13-10-21(11-14-23)9-6-12-24(18-21)20(25)17-19-7-4-3-5-8-19/h3-5,7-8H,6,9-18H2,1-2H3. The minimum atomic E-state index is 0.306. The van der Waals surface area contributed by atoms with Gasteiger partial charge >= 0.3 is 0 Å². The van der Waals surface area contributed by atoms with Gasteiger partial charge in [0.15, 0.2) is 0 Å². The van der Waals surface area contributed by atoms with Crippen molar-refractivity contribution in [2.24, 2.45) is 5.41 Å². The van der Waals surface area contributed by atoms with E-state index in [9.17, 15) is 4.79 Å². The summed E-state index contributed by atoms with van der Waals surface area (Å²) in [4.78, 5) is 19.7. The third kappa shape index (κ3) is 5.05. The average Bonchev–Trinajstić information content (AvgIpc) is 2.62. The summed E-state index contributed by atoms with van der Waals surface area (Å²) in [5.74, 6) is 0.306. The van der Waals surface area contributed by atoms with Crippen molar-refractivity contribution in [1.82, 2.24) is 14.7 Å². The molecule has 2 heterocycles. The molecule has 1 amide bonds. The Kier molecular flexibility index (Phi) is 6.13. The molecular formula is C21H33N3O. The van der Waals surface area contributed by atoms with Crippen LogP contribution in [0.3, 0.4) is 0 Å². The van der Waals surface area contributed by atoms with E-state index in [1.165, 1.54) is 38.9 Å². The molecule has 0 radical (unpaired) electrons. The van der Waals surface area contributed by atoms with Crippen LogP contribution in [0.15, 0.2) is 30.3 Å². The van der Waals surface area contributed by atoms with Gasteiger partial charge in [-0.25, -0.2) is 0 Å². The van der Waals surface area contributed by atoms with E-state index in [1.807, 2.05) is 18.2 Å². The quantitative estimate of drug-likeness (QED) is 0.822. The van der Waals surface area contributed by atoms with Crippen LogP contribution in [0.4, 0.5) is 0 Å². The molecule has 0 aromatic heterocycles. The van der Waals surface area contributed by atoms with E-state index >= 15 is 0 Å². The molecule has 0 aliphatic carbocycles. The minimum Gasteiger partial charge on any atom is -0.342 e. The predicted molar refractivity (Wildman–Crippen MR) is 103 cm³/mol. The van der Waals surface area contributed by atoms with Crippen molar-refractivity contribution in [1.29, 1.82) is 0 Å². The molecule has 4 nitrogen and oxygen atoms in total. The number of hydrogen-bond acceptors (Lipinski definition) is 3. The van der Waals surface area contributed by atoms with Crippen molar-refractivity contribution in [3.05, 3.63) is 35.9 Å². The fraction of sp³-hybridized carbons (Fsp3) is 0.667. The van der Waals surface area contributed by atoms with Crippen LogP contribution in [-0.4, -0.2) is 74.0 Å². The first-order valence-electron chi connectivity index (χ1n) is 9.75. The Morgan fingerprint density at radius 2 is 1.80 bits per heavy atom. The van der Waals surface area contributed by atoms with Gasteiger partial charge in [0.05, 0.1) is 6.42 Å². The van der Waals surface area contributed by atoms with Crippen molar-refractivity contribution < 1.29 is 4.79 Å². The molecule has 2 aliphatic heterocycles. The predicted octanol–water partition coefficient (Wildman–Crippen LogP) is 2.50. The largest absolute Gasteiger partial charge is 0.342 e. The van der Waals surface area contributed by atoms with Crippen molar-refractivity contribution in [3.63, 3.8) is 0 Å². The summed E-state index contributed by atoms with van der Waals surface area (Å²) in [6.45, 7) is 6.59. The van der Waals surface area contributed by atoms with Gasteiger partial charge in [-0.15, -0.1) is 0 Å². The summed E-state index contributed by atoms with van der Waals surface area (Å²) in [7, 11) is 4.28. The number of carbonyl (C=O) groups excluding carboxylic acids is 1. The Labute approximate surface area is 152 Å². The summed E-state index contributed by atoms with van der Waals surface area (Å²) in [6.07, 6.45) is 5.50. The zero-order chi connectivity index (χ0) is 17.7. The molecule has 0 unspecified atom stereocenters. The highest BCUT2D eigenvalue weighted by Crippen LogP contribution is 2.39. The number of rotatable bonds is 5. The number of hydrogen-bond donors (Lipinski definition) is 0. The van der Waals surface area contributed by atoms with Crippen LogP contribution >= 0.6 is 0 Å². The van der Waals surface area contributed by atoms with Gasteiger partial charge in [-0.3, -0.25) is 4.79 Å². The lowest BCUT2D eigenvalue weighted by Crippen LogP contribution is -2.52. The van der Waals surface area contributed by atoms with Crippen LogP contribution in [0.1, 0.15) is 31.2 Å². The van der Waals surface area contributed by atoms with Crippen molar-refractivity contribution in [2.45, 2.75) is 32.1 Å². The first-order valence-corrected chi connectivity index (χ1v) is 9.75. The number of likely N-dealkylation sites (N-methyl/N-ethyl adjacent to an activating group) is 1. The van der Waals surface area contributed by atoms with E-state index in [0.29, 0.717) is 17.7 Å². The molecule has 2 aliphatic rings. The Morgan fingerprint density at radius 1 is 1.08 bits per heavy atom. The number of nitrogens with zero attached hydrogens (tertiary/aromatic N) is 3. The number of amides is 1. The molecule has 2 fully saturated rings. The topological polar surface area (TPSA) is 26.8 Å². The Hall–Kier alpha value is -1.39. The van der Waals surface area contributed by atoms with E-state index in [2.05, 4.69) is 40.9 Å². The fourth-order valence-electron chi connectivity index (χ4n) is 4.30. The zero-order valence-corrected chi connectivity index (χ0v) is 15.9. The van der Waals surface area contributed by atoms with Crippen LogP contribution in [0.5, 0.6) is 0 Å². The highest BCUT2D eigenvalue weighted by molar-refractivity contribution is 5.78. The zero-order valence-electron chi connectivity index (χ0n) is 15.9. The maximum Gasteiger partial charge on any atom is 0.227 e. The molecule has 138 valence electrons. The van der Waals surface area contributed by atoms with Crippen molar-refractivity contribution in [3.8, 4) is 0 Å². The minimum absolute atomic E-state index is 0.306. The summed E-state index contributed by atoms with van der Waals surface area (Å²) < 4.78 is 0. The smallest absolute Gasteiger partial charge is 0.227 e. The molecule has 2 saturated heterocycles. The summed E-state index contributed by atoms with van der Waals surface area (Å²) in [5, 5.41) is 0. The summed E-state index contributed by atoms with van der Waals surface area (Å²) >= 11 is 0. The lowest BCUT2D eigenvalue weighted by Gasteiger charge is -2.48. The molecule has 3 rings (SSSR count). The van der Waals surface area contributed by atoms with E-state index in [-0.39, 0.29) is 0 Å². The first kappa shape index (κ1) is 18.4. The molecule has 25 heavy (non-hydrogen) atoms. The Balaban J connectivity index is 1.52. The first-order chi connectivity index (χ1) is 12.1. The van der Waals surface area contributed by atoms with Crippen molar-refractivity contribution in [2.75, 3.05) is 53.4 Å². The normalized spacial score (nSPS) is 21.0. The molecule has 1 aromatic rings. The van der Waals surface area contributed by atoms with E-state index in [1.54, 1.807) is 0 Å². The second-order valence-electron chi connectivity index (χ2n) is 8.23. The van der Waals surface area contributed by atoms with Gasteiger partial charge in [0.2, 0.25) is 5.91 Å². The second kappa shape index (κ2) is 8.33. The van der Waals surface area contributed by atoms with Gasteiger partial charge in [-0.2, -0.15) is 0 Å². The Morgan fingerprint density at radius 3 is 2.48 bits per heavy atom. The van der Waals surface area contributed by atoms with Crippen LogP contribution < -0.4 is 0 Å². The lowest BCUT2D eigenvalue weighted by molar-refractivity contribution is -0.135. The average molecular weight is 344 g/mol. The third-order valence-electron chi connectivity index (χ3n) is 5.99. The van der Waals surface area contributed by atoms with Crippen LogP contribution in [0, 0.1) is 5.41 Å². The molecule has 1 spiro atoms. The highest BCUT2D eigenvalue weighted by atomic mass is 16.2. The number of piperidine rings is 2. The summed E-state index contributed by atoms with van der Waals surface area (Å²) in [5.41, 5.74) is 1.50. The second-order valence-corrected chi connectivity index (χ2v) is 8.23. The van der Waals surface area contributed by atoms with Crippen molar-refractivity contribution >= 4 is 5.91 Å². The molecule has 0 bridgehead atoms. The third-order valence-corrected chi connectivity index (χ3v) is 5.99. The maximum atomic E-state index is 12.7. The van der Waals surface area contributed by atoms with Crippen LogP contribution in [0.25, 0.3) is 0 Å². The van der Waals surface area contributed by atoms with Gasteiger partial charge in [0.1, 0.15) is 0 Å². The highest BCUT2D eigenvalue weighted by Gasteiger charge is 2.39. The van der Waals surface area contributed by atoms with E-state index < -0.39 is 0 Å².